The molecule has 6 heteroatoms. The second kappa shape index (κ2) is 38.1. The predicted octanol–water partition coefficient (Wildman–Crippen LogP) is 12.4. The summed E-state index contributed by atoms with van der Waals surface area (Å²) in [6.07, 6.45) is 37.3. The molecular weight excluding hydrogens is 600 g/mol. The molecule has 1 atom stereocenters. The Morgan fingerprint density at radius 2 is 0.917 bits per heavy atom. The van der Waals surface area contributed by atoms with Gasteiger partial charge in [-0.3, -0.25) is 9.59 Å². The zero-order valence-electron chi connectivity index (χ0n) is 32.1. The van der Waals surface area contributed by atoms with E-state index in [1.165, 1.54) is 103 Å². The standard InChI is InChI=1S/C42H78O6/c1-5-8-11-14-17-18-19-20-21-22-23-24-25-26-29-32-40(43)47-37-39(4)38-48-41(44)33-34-42(45-35-30-27-15-12-9-6-2)46-36-31-28-16-13-10-7-3/h17-18,20-21,39,42H,5-16,19,22-38H2,1-4H3/b18-17-,21-20-. The van der Waals surface area contributed by atoms with Gasteiger partial charge < -0.3 is 18.9 Å². The van der Waals surface area contributed by atoms with E-state index in [4.69, 9.17) is 18.9 Å². The van der Waals surface area contributed by atoms with Crippen molar-refractivity contribution in [2.75, 3.05) is 26.4 Å². The molecule has 0 radical (unpaired) electrons. The Morgan fingerprint density at radius 3 is 1.46 bits per heavy atom. The highest BCUT2D eigenvalue weighted by Crippen LogP contribution is 2.13. The molecule has 0 saturated heterocycles. The highest BCUT2D eigenvalue weighted by atomic mass is 16.7. The van der Waals surface area contributed by atoms with E-state index in [0.29, 0.717) is 26.1 Å². The Hall–Kier alpha value is -1.66. The number of hydrogen-bond donors (Lipinski definition) is 0. The Kier molecular flexibility index (Phi) is 36.8. The summed E-state index contributed by atoms with van der Waals surface area (Å²) in [4.78, 5) is 24.6. The van der Waals surface area contributed by atoms with E-state index >= 15 is 0 Å². The minimum Gasteiger partial charge on any atom is -0.465 e. The van der Waals surface area contributed by atoms with Crippen LogP contribution >= 0.6 is 0 Å². The lowest BCUT2D eigenvalue weighted by atomic mass is 10.1. The third kappa shape index (κ3) is 35.6. The molecule has 0 saturated carbocycles. The Balaban J connectivity index is 3.99. The number of esters is 2. The van der Waals surface area contributed by atoms with Crippen LogP contribution in [0.1, 0.15) is 195 Å². The summed E-state index contributed by atoms with van der Waals surface area (Å²) in [6.45, 7) is 10.5. The topological polar surface area (TPSA) is 71.1 Å². The summed E-state index contributed by atoms with van der Waals surface area (Å²) in [5.41, 5.74) is 0. The van der Waals surface area contributed by atoms with E-state index in [9.17, 15) is 9.59 Å². The maximum Gasteiger partial charge on any atom is 0.305 e. The molecule has 0 N–H and O–H groups in total. The molecule has 0 fully saturated rings. The third-order valence-electron chi connectivity index (χ3n) is 8.58. The van der Waals surface area contributed by atoms with Crippen LogP contribution in [0.5, 0.6) is 0 Å². The predicted molar refractivity (Wildman–Crippen MR) is 202 cm³/mol. The van der Waals surface area contributed by atoms with E-state index in [2.05, 4.69) is 45.1 Å². The summed E-state index contributed by atoms with van der Waals surface area (Å²) in [5.74, 6) is -0.451. The highest BCUT2D eigenvalue weighted by molar-refractivity contribution is 5.69. The number of rotatable bonds is 37. The molecular formula is C42H78O6. The molecule has 282 valence electrons. The largest absolute Gasteiger partial charge is 0.465 e. The molecule has 6 nitrogen and oxygen atoms in total. The smallest absolute Gasteiger partial charge is 0.305 e. The first-order valence-corrected chi connectivity index (χ1v) is 20.4. The minimum absolute atomic E-state index is 0.0359. The zero-order valence-corrected chi connectivity index (χ0v) is 32.1. The van der Waals surface area contributed by atoms with Crippen molar-refractivity contribution in [2.45, 2.75) is 201 Å². The van der Waals surface area contributed by atoms with Crippen LogP contribution in [0.15, 0.2) is 24.3 Å². The van der Waals surface area contributed by atoms with Crippen molar-refractivity contribution in [3.63, 3.8) is 0 Å². The Labute approximate surface area is 297 Å². The lowest BCUT2D eigenvalue weighted by molar-refractivity contribution is -0.160. The Morgan fingerprint density at radius 1 is 0.500 bits per heavy atom. The maximum atomic E-state index is 12.5. The molecule has 48 heavy (non-hydrogen) atoms. The molecule has 0 aliphatic heterocycles. The van der Waals surface area contributed by atoms with Crippen LogP contribution in [-0.2, 0) is 28.5 Å². The van der Waals surface area contributed by atoms with Crippen molar-refractivity contribution in [1.29, 1.82) is 0 Å². The van der Waals surface area contributed by atoms with Gasteiger partial charge in [-0.25, -0.2) is 0 Å². The van der Waals surface area contributed by atoms with Gasteiger partial charge in [0.15, 0.2) is 6.29 Å². The average molecular weight is 679 g/mol. The van der Waals surface area contributed by atoms with E-state index in [1.807, 2.05) is 6.92 Å². The van der Waals surface area contributed by atoms with Gasteiger partial charge in [0.2, 0.25) is 0 Å². The van der Waals surface area contributed by atoms with E-state index in [1.54, 1.807) is 0 Å². The van der Waals surface area contributed by atoms with Crippen molar-refractivity contribution in [3.05, 3.63) is 24.3 Å². The second-order valence-electron chi connectivity index (χ2n) is 13.7. The molecule has 0 heterocycles. The number of carbonyl (C=O) groups is 2. The van der Waals surface area contributed by atoms with Gasteiger partial charge in [0.05, 0.1) is 19.6 Å². The van der Waals surface area contributed by atoms with Crippen LogP contribution in [0.2, 0.25) is 0 Å². The molecule has 1 unspecified atom stereocenters. The number of hydrogen-bond acceptors (Lipinski definition) is 6. The van der Waals surface area contributed by atoms with Gasteiger partial charge in [0.25, 0.3) is 0 Å². The van der Waals surface area contributed by atoms with E-state index < -0.39 is 0 Å². The first-order chi connectivity index (χ1) is 23.5. The lowest BCUT2D eigenvalue weighted by Gasteiger charge is -2.19. The van der Waals surface area contributed by atoms with Crippen molar-refractivity contribution >= 4 is 11.9 Å². The number of ether oxygens (including phenoxy) is 4. The monoisotopic (exact) mass is 679 g/mol. The van der Waals surface area contributed by atoms with Crippen LogP contribution < -0.4 is 0 Å². The van der Waals surface area contributed by atoms with Gasteiger partial charge in [0, 0.05) is 32.0 Å². The summed E-state index contributed by atoms with van der Waals surface area (Å²) >= 11 is 0. The number of carbonyl (C=O) groups excluding carboxylic acids is 2. The summed E-state index contributed by atoms with van der Waals surface area (Å²) in [6, 6.07) is 0. The molecule has 0 aromatic rings. The van der Waals surface area contributed by atoms with Gasteiger partial charge in [0.1, 0.15) is 0 Å². The van der Waals surface area contributed by atoms with Crippen LogP contribution in [0.4, 0.5) is 0 Å². The number of unbranched alkanes of at least 4 members (excludes halogenated alkanes) is 18. The quantitative estimate of drug-likeness (QED) is 0.0282. The summed E-state index contributed by atoms with van der Waals surface area (Å²) in [7, 11) is 0. The Bertz CT molecular complexity index is 730. The normalized spacial score (nSPS) is 12.4. The first-order valence-electron chi connectivity index (χ1n) is 20.4. The fraction of sp³-hybridized carbons (Fsp3) is 0.857. The van der Waals surface area contributed by atoms with Crippen LogP contribution in [-0.4, -0.2) is 44.7 Å². The van der Waals surface area contributed by atoms with Crippen molar-refractivity contribution in [1.82, 2.24) is 0 Å². The average Bonchev–Trinajstić information content (AvgIpc) is 3.09. The van der Waals surface area contributed by atoms with Gasteiger partial charge in [-0.2, -0.15) is 0 Å². The summed E-state index contributed by atoms with van der Waals surface area (Å²) in [5, 5.41) is 0. The van der Waals surface area contributed by atoms with Crippen LogP contribution in [0, 0.1) is 5.92 Å². The van der Waals surface area contributed by atoms with Gasteiger partial charge >= 0.3 is 11.9 Å². The summed E-state index contributed by atoms with van der Waals surface area (Å²) < 4.78 is 23.0. The zero-order chi connectivity index (χ0) is 35.2. The van der Waals surface area contributed by atoms with Crippen LogP contribution in [0.25, 0.3) is 0 Å². The number of allylic oxidation sites excluding steroid dienone is 4. The maximum absolute atomic E-state index is 12.5. The van der Waals surface area contributed by atoms with Crippen molar-refractivity contribution in [3.8, 4) is 0 Å². The second-order valence-corrected chi connectivity index (χ2v) is 13.7. The molecule has 0 bridgehead atoms. The lowest BCUT2D eigenvalue weighted by Crippen LogP contribution is -2.22. The minimum atomic E-state index is -0.364. The molecule has 0 aromatic heterocycles. The van der Waals surface area contributed by atoms with Crippen LogP contribution in [0.3, 0.4) is 0 Å². The molecule has 0 amide bonds. The molecule has 0 rings (SSSR count). The molecule has 0 aromatic carbocycles. The molecule has 0 aliphatic carbocycles. The van der Waals surface area contributed by atoms with Crippen molar-refractivity contribution in [2.24, 2.45) is 5.92 Å². The van der Waals surface area contributed by atoms with Gasteiger partial charge in [-0.1, -0.05) is 148 Å². The van der Waals surface area contributed by atoms with Gasteiger partial charge in [-0.05, 0) is 51.4 Å². The fourth-order valence-corrected chi connectivity index (χ4v) is 5.39. The van der Waals surface area contributed by atoms with E-state index in [-0.39, 0.29) is 43.8 Å². The molecule has 0 aliphatic rings. The highest BCUT2D eigenvalue weighted by Gasteiger charge is 2.15. The SMILES string of the molecule is CCCCC/C=C\C/C=C\CCCCCCCC(=O)OCC(C)COC(=O)CCC(OCCCCCCCC)OCCCCCCCC. The van der Waals surface area contributed by atoms with E-state index in [0.717, 1.165) is 44.9 Å². The third-order valence-corrected chi connectivity index (χ3v) is 8.58. The molecule has 0 spiro atoms. The fourth-order valence-electron chi connectivity index (χ4n) is 5.39. The van der Waals surface area contributed by atoms with Gasteiger partial charge in [-0.15, -0.1) is 0 Å². The van der Waals surface area contributed by atoms with Crippen molar-refractivity contribution < 1.29 is 28.5 Å². The first kappa shape index (κ1) is 46.3.